The maximum absolute atomic E-state index is 12.8. The number of pyridine rings is 1. The van der Waals surface area contributed by atoms with Crippen LogP contribution < -0.4 is 5.32 Å². The lowest BCUT2D eigenvalue weighted by atomic mass is 9.65. The Morgan fingerprint density at radius 3 is 2.79 bits per heavy atom. The Morgan fingerprint density at radius 1 is 1.24 bits per heavy atom. The zero-order chi connectivity index (χ0) is 26.0. The van der Waals surface area contributed by atoms with Crippen molar-refractivity contribution in [2.45, 2.75) is 64.3 Å². The number of hydrogen-bond acceptors (Lipinski definition) is 6. The molecular weight excluding hydrogens is 496 g/mol. The van der Waals surface area contributed by atoms with Gasteiger partial charge in [-0.1, -0.05) is 13.8 Å². The molecule has 8 nitrogen and oxygen atoms in total. The number of aromatic amines is 1. The maximum atomic E-state index is 12.8. The summed E-state index contributed by atoms with van der Waals surface area (Å²) in [6, 6.07) is 4.47. The van der Waals surface area contributed by atoms with Crippen LogP contribution in [0.3, 0.4) is 0 Å². The number of nitrogens with one attached hydrogen (secondary N) is 2. The molecule has 1 atom stereocenters. The molecule has 1 saturated carbocycles. The van der Waals surface area contributed by atoms with Crippen LogP contribution in [-0.2, 0) is 9.53 Å². The van der Waals surface area contributed by atoms with Crippen molar-refractivity contribution >= 4 is 33.1 Å². The lowest BCUT2D eigenvalue weighted by Crippen LogP contribution is -2.64. The van der Waals surface area contributed by atoms with Crippen LogP contribution >= 0.6 is 11.3 Å². The first-order chi connectivity index (χ1) is 18.4. The second-order valence-electron chi connectivity index (χ2n) is 12.0. The molecule has 4 aromatic rings. The van der Waals surface area contributed by atoms with E-state index in [1.165, 1.54) is 52.0 Å². The molecule has 2 saturated heterocycles. The van der Waals surface area contributed by atoms with Gasteiger partial charge in [0.25, 0.3) is 0 Å². The Bertz CT molecular complexity index is 1490. The van der Waals surface area contributed by atoms with E-state index in [1.54, 1.807) is 6.33 Å². The van der Waals surface area contributed by atoms with Gasteiger partial charge < -0.3 is 19.9 Å². The predicted octanol–water partition coefficient (Wildman–Crippen LogP) is 4.85. The fraction of sp³-hybridized carbons (Fsp3) is 0.552. The van der Waals surface area contributed by atoms with Crippen LogP contribution in [0.2, 0.25) is 0 Å². The summed E-state index contributed by atoms with van der Waals surface area (Å²) in [4.78, 5) is 24.5. The van der Waals surface area contributed by atoms with Crippen molar-refractivity contribution in [3.63, 3.8) is 0 Å². The van der Waals surface area contributed by atoms with Crippen LogP contribution in [0.1, 0.15) is 67.4 Å². The third-order valence-electron chi connectivity index (χ3n) is 8.98. The number of morpholine rings is 1. The second kappa shape index (κ2) is 9.17. The third-order valence-corrected chi connectivity index (χ3v) is 10.3. The van der Waals surface area contributed by atoms with Gasteiger partial charge in [-0.3, -0.25) is 4.79 Å². The molecule has 2 aliphatic heterocycles. The van der Waals surface area contributed by atoms with Gasteiger partial charge in [0.05, 0.1) is 29.1 Å². The number of nitrogens with zero attached hydrogens (tertiary/aromatic N) is 4. The van der Waals surface area contributed by atoms with Gasteiger partial charge in [0.2, 0.25) is 5.91 Å². The molecule has 0 unspecified atom stereocenters. The van der Waals surface area contributed by atoms with E-state index in [1.807, 2.05) is 15.9 Å². The molecule has 3 fully saturated rings. The number of ether oxygens (including phenoxy) is 1. The Morgan fingerprint density at radius 2 is 2.05 bits per heavy atom. The first kappa shape index (κ1) is 24.3. The minimum atomic E-state index is -0.159. The van der Waals surface area contributed by atoms with Crippen LogP contribution in [-0.4, -0.2) is 69.3 Å². The van der Waals surface area contributed by atoms with Crippen LogP contribution in [0.25, 0.3) is 27.1 Å². The summed E-state index contributed by atoms with van der Waals surface area (Å²) < 4.78 is 8.77. The summed E-state index contributed by atoms with van der Waals surface area (Å²) >= 11 is 1.98. The molecule has 1 amide bonds. The molecule has 38 heavy (non-hydrogen) atoms. The number of amides is 1. The molecule has 200 valence electrons. The SMILES string of the molecule is Cc1cc(-c2[nH]c3cc(C4CCC5(CC4)CN(C(=O)[C@H]4COCCN4)C5)sc3c2C(C)C)cn2ncnc12. The quantitative estimate of drug-likeness (QED) is 0.393. The highest BCUT2D eigenvalue weighted by molar-refractivity contribution is 7.19. The number of rotatable bonds is 4. The summed E-state index contributed by atoms with van der Waals surface area (Å²) in [5.41, 5.74) is 7.38. The number of hydrogen-bond donors (Lipinski definition) is 2. The highest BCUT2D eigenvalue weighted by Gasteiger charge is 2.48. The number of H-pyrrole nitrogens is 1. The summed E-state index contributed by atoms with van der Waals surface area (Å²) in [6.07, 6.45) is 8.54. The van der Waals surface area contributed by atoms with E-state index in [0.717, 1.165) is 36.4 Å². The molecule has 0 radical (unpaired) electrons. The van der Waals surface area contributed by atoms with Gasteiger partial charge in [0.15, 0.2) is 5.65 Å². The minimum Gasteiger partial charge on any atom is -0.378 e. The van der Waals surface area contributed by atoms with Crippen LogP contribution in [0.5, 0.6) is 0 Å². The molecule has 9 heteroatoms. The van der Waals surface area contributed by atoms with Gasteiger partial charge >= 0.3 is 0 Å². The minimum absolute atomic E-state index is 0.159. The van der Waals surface area contributed by atoms with Crippen molar-refractivity contribution in [2.75, 3.05) is 32.8 Å². The van der Waals surface area contributed by atoms with Gasteiger partial charge in [-0.05, 0) is 67.7 Å². The largest absolute Gasteiger partial charge is 0.378 e. The third kappa shape index (κ3) is 3.98. The molecule has 1 aliphatic carbocycles. The van der Waals surface area contributed by atoms with E-state index in [-0.39, 0.29) is 11.9 Å². The van der Waals surface area contributed by atoms with Crippen LogP contribution in [0, 0.1) is 12.3 Å². The zero-order valence-corrected chi connectivity index (χ0v) is 23.2. The standard InChI is InChI=1S/C29H36N6O2S/c1-17(2)24-25(20-10-18(3)27-31-16-32-35(27)12-20)33-21-11-23(38-26(21)24)19-4-6-29(7-5-19)14-34(15-29)28(36)22-13-37-9-8-30-22/h10-12,16-17,19,22,30,33H,4-9,13-15H2,1-3H3/t22-/m1/s1. The number of likely N-dealkylation sites (tertiary alicyclic amines) is 1. The second-order valence-corrected chi connectivity index (χ2v) is 13.0. The monoisotopic (exact) mass is 532 g/mol. The lowest BCUT2D eigenvalue weighted by molar-refractivity contribution is -0.151. The molecular formula is C29H36N6O2S. The van der Waals surface area contributed by atoms with E-state index >= 15 is 0 Å². The van der Waals surface area contributed by atoms with E-state index < -0.39 is 0 Å². The zero-order valence-electron chi connectivity index (χ0n) is 22.4. The number of aryl methyl sites for hydroxylation is 1. The van der Waals surface area contributed by atoms with Gasteiger partial charge in [0.1, 0.15) is 12.4 Å². The Kier molecular flexibility index (Phi) is 5.87. The maximum Gasteiger partial charge on any atom is 0.242 e. The van der Waals surface area contributed by atoms with Crippen LogP contribution in [0.4, 0.5) is 0 Å². The average molecular weight is 533 g/mol. The molecule has 1 spiro atoms. The molecule has 2 N–H and O–H groups in total. The molecule has 4 aromatic heterocycles. The van der Waals surface area contributed by atoms with Crippen molar-refractivity contribution < 1.29 is 9.53 Å². The summed E-state index contributed by atoms with van der Waals surface area (Å²) in [5, 5.41) is 7.69. The van der Waals surface area contributed by atoms with Crippen molar-refractivity contribution in [3.05, 3.63) is 40.7 Å². The number of aromatic nitrogens is 4. The summed E-state index contributed by atoms with van der Waals surface area (Å²) in [7, 11) is 0. The number of thiophene rings is 1. The van der Waals surface area contributed by atoms with E-state index in [0.29, 0.717) is 30.5 Å². The Labute approximate surface area is 226 Å². The van der Waals surface area contributed by atoms with E-state index in [9.17, 15) is 4.79 Å². The average Bonchev–Trinajstić information content (AvgIpc) is 3.62. The van der Waals surface area contributed by atoms with Crippen LogP contribution in [0.15, 0.2) is 24.7 Å². The topological polar surface area (TPSA) is 87.5 Å². The van der Waals surface area contributed by atoms with Gasteiger partial charge in [-0.15, -0.1) is 11.3 Å². The smallest absolute Gasteiger partial charge is 0.242 e. The first-order valence-electron chi connectivity index (χ1n) is 14.0. The van der Waals surface area contributed by atoms with Gasteiger partial charge in [-0.25, -0.2) is 9.50 Å². The van der Waals surface area contributed by atoms with Crippen molar-refractivity contribution in [1.82, 2.24) is 29.8 Å². The molecule has 0 bridgehead atoms. The fourth-order valence-electron chi connectivity index (χ4n) is 6.92. The van der Waals surface area contributed by atoms with Crippen molar-refractivity contribution in [1.29, 1.82) is 0 Å². The van der Waals surface area contributed by atoms with Gasteiger partial charge in [0, 0.05) is 41.7 Å². The van der Waals surface area contributed by atoms with Crippen molar-refractivity contribution in [3.8, 4) is 11.3 Å². The Hall–Kier alpha value is -2.75. The highest BCUT2D eigenvalue weighted by Crippen LogP contribution is 2.51. The number of carbonyl (C=O) groups excluding carboxylic acids is 1. The molecule has 3 aliphatic rings. The van der Waals surface area contributed by atoms with E-state index in [2.05, 4.69) is 64.4 Å². The fourth-order valence-corrected chi connectivity index (χ4v) is 8.41. The predicted molar refractivity (Wildman–Crippen MR) is 150 cm³/mol. The van der Waals surface area contributed by atoms with Crippen molar-refractivity contribution in [2.24, 2.45) is 5.41 Å². The lowest BCUT2D eigenvalue weighted by Gasteiger charge is -2.54. The summed E-state index contributed by atoms with van der Waals surface area (Å²) in [6.45, 7) is 10.5. The molecule has 7 rings (SSSR count). The number of fused-ring (bicyclic) bond motifs is 2. The number of carbonyl (C=O) groups is 1. The molecule has 6 heterocycles. The van der Waals surface area contributed by atoms with Gasteiger partial charge in [-0.2, -0.15) is 5.10 Å². The highest BCUT2D eigenvalue weighted by atomic mass is 32.1. The Balaban J connectivity index is 1.07. The summed E-state index contributed by atoms with van der Waals surface area (Å²) in [5.74, 6) is 1.25. The first-order valence-corrected chi connectivity index (χ1v) is 14.8. The normalized spacial score (nSPS) is 22.1. The van der Waals surface area contributed by atoms with E-state index in [4.69, 9.17) is 4.74 Å². The molecule has 0 aromatic carbocycles.